The van der Waals surface area contributed by atoms with Crippen LogP contribution in [0.3, 0.4) is 0 Å². The Hall–Kier alpha value is -4.45. The number of pyridine rings is 1. The van der Waals surface area contributed by atoms with E-state index in [4.69, 9.17) is 20.1 Å². The summed E-state index contributed by atoms with van der Waals surface area (Å²) in [5.74, 6) is -4.14. The van der Waals surface area contributed by atoms with Crippen molar-refractivity contribution in [2.45, 2.75) is 25.1 Å². The van der Waals surface area contributed by atoms with Gasteiger partial charge in [0.05, 0.1) is 11.7 Å². The number of nitrogens with zero attached hydrogens (tertiary/aromatic N) is 5. The molecule has 0 aliphatic carbocycles. The second-order valence-corrected chi connectivity index (χ2v) is 12.3. The van der Waals surface area contributed by atoms with E-state index in [0.717, 1.165) is 54.0 Å². The number of carboxylic acids is 1. The van der Waals surface area contributed by atoms with Crippen LogP contribution < -0.4 is 15.4 Å². The molecule has 2 aromatic heterocycles. The molecular formula is C30H30F5N7O4S. The molecule has 11 nitrogen and oxygen atoms in total. The lowest BCUT2D eigenvalue weighted by molar-refractivity contribution is -0.192. The van der Waals surface area contributed by atoms with Gasteiger partial charge in [0.25, 0.3) is 10.2 Å². The highest BCUT2D eigenvalue weighted by Gasteiger charge is 2.38. The topological polar surface area (TPSA) is 147 Å². The lowest BCUT2D eigenvalue weighted by Crippen LogP contribution is -2.43. The van der Waals surface area contributed by atoms with Crippen LogP contribution in [0.1, 0.15) is 24.4 Å². The number of alkyl halides is 3. The average Bonchev–Trinajstić information content (AvgIpc) is 3.72. The maximum atomic E-state index is 16.2. The molecule has 4 heterocycles. The summed E-state index contributed by atoms with van der Waals surface area (Å²) in [4.78, 5) is 15.3. The third-order valence-electron chi connectivity index (χ3n) is 7.75. The van der Waals surface area contributed by atoms with E-state index in [2.05, 4.69) is 15.2 Å². The van der Waals surface area contributed by atoms with E-state index in [1.54, 1.807) is 35.4 Å². The predicted octanol–water partition coefficient (Wildman–Crippen LogP) is 4.26. The lowest BCUT2D eigenvalue weighted by atomic mass is 9.96. The monoisotopic (exact) mass is 679 g/mol. The molecular weight excluding hydrogens is 649 g/mol. The number of anilines is 1. The minimum absolute atomic E-state index is 0.00762. The molecule has 2 fully saturated rings. The fourth-order valence-corrected chi connectivity index (χ4v) is 6.53. The SMILES string of the molecule is NS(=O)(=O)N1CCCC1c1cc(F)cc(-c2cn(-c3ccc(N4CCNCC4)cc3)nc2-c2ccncc2)c1F.O=C(O)C(F)(F)F. The standard InChI is InChI=1S/C28H29F2N7O2S.C2HF3O2/c29-20-16-23(27(30)24(17-20)26-2-1-13-37(26)40(31,38)39)25-18-36(34-28(25)19-7-9-32-10-8-19)22-5-3-21(4-6-22)35-14-11-33-12-15-35;3-2(4,5)1(6)7/h3-10,16-18,26,33H,1-2,11-15H2,(H2,31,38,39);(H,6,7). The zero-order valence-corrected chi connectivity index (χ0v) is 25.5. The summed E-state index contributed by atoms with van der Waals surface area (Å²) in [5.41, 5.74) is 3.30. The third kappa shape index (κ3) is 7.75. The molecule has 4 N–H and O–H groups in total. The van der Waals surface area contributed by atoms with Crippen molar-refractivity contribution >= 4 is 21.9 Å². The number of aliphatic carboxylic acids is 1. The number of nitrogens with two attached hydrogens (primary N) is 1. The smallest absolute Gasteiger partial charge is 0.475 e. The number of benzene rings is 2. The number of aromatic nitrogens is 3. The van der Waals surface area contributed by atoms with Gasteiger partial charge >= 0.3 is 12.1 Å². The van der Waals surface area contributed by atoms with E-state index in [1.165, 1.54) is 0 Å². The van der Waals surface area contributed by atoms with Gasteiger partial charge in [0.15, 0.2) is 0 Å². The Morgan fingerprint density at radius 2 is 1.57 bits per heavy atom. The fraction of sp³-hybridized carbons (Fsp3) is 0.300. The van der Waals surface area contributed by atoms with Gasteiger partial charge in [0.2, 0.25) is 0 Å². The van der Waals surface area contributed by atoms with Gasteiger partial charge in [-0.25, -0.2) is 23.4 Å². The molecule has 17 heteroatoms. The molecule has 0 amide bonds. The van der Waals surface area contributed by atoms with Crippen LogP contribution in [-0.2, 0) is 15.0 Å². The summed E-state index contributed by atoms with van der Waals surface area (Å²) in [5, 5.41) is 20.6. The molecule has 0 saturated carbocycles. The van der Waals surface area contributed by atoms with E-state index in [-0.39, 0.29) is 17.7 Å². The molecule has 6 rings (SSSR count). The first-order chi connectivity index (χ1) is 22.2. The lowest BCUT2D eigenvalue weighted by Gasteiger charge is -2.29. The maximum Gasteiger partial charge on any atom is 0.490 e. The second-order valence-electron chi connectivity index (χ2n) is 10.8. The Morgan fingerprint density at radius 1 is 0.957 bits per heavy atom. The Labute approximate surface area is 266 Å². The summed E-state index contributed by atoms with van der Waals surface area (Å²) in [7, 11) is -4.09. The molecule has 2 aliphatic heterocycles. The highest BCUT2D eigenvalue weighted by Crippen LogP contribution is 2.40. The number of piperazine rings is 1. The van der Waals surface area contributed by atoms with E-state index in [0.29, 0.717) is 29.7 Å². The van der Waals surface area contributed by atoms with E-state index in [1.807, 2.05) is 24.3 Å². The quantitative estimate of drug-likeness (QED) is 0.256. The van der Waals surface area contributed by atoms with Crippen molar-refractivity contribution in [2.24, 2.45) is 5.14 Å². The maximum absolute atomic E-state index is 16.2. The van der Waals surface area contributed by atoms with Crippen LogP contribution in [0.2, 0.25) is 0 Å². The second kappa shape index (κ2) is 13.7. The molecule has 1 unspecified atom stereocenters. The molecule has 2 aromatic carbocycles. The van der Waals surface area contributed by atoms with Gasteiger partial charge in [-0.15, -0.1) is 0 Å². The van der Waals surface area contributed by atoms with Crippen molar-refractivity contribution in [1.82, 2.24) is 24.4 Å². The number of carbonyl (C=O) groups is 1. The largest absolute Gasteiger partial charge is 0.490 e. The number of carboxylic acid groups (broad SMARTS) is 1. The average molecular weight is 680 g/mol. The van der Waals surface area contributed by atoms with E-state index >= 15 is 8.78 Å². The molecule has 250 valence electrons. The minimum Gasteiger partial charge on any atom is -0.475 e. The highest BCUT2D eigenvalue weighted by atomic mass is 32.2. The van der Waals surface area contributed by atoms with Gasteiger partial charge in [-0.1, -0.05) is 0 Å². The van der Waals surface area contributed by atoms with Crippen LogP contribution in [0.4, 0.5) is 27.6 Å². The van der Waals surface area contributed by atoms with E-state index in [9.17, 15) is 21.6 Å². The number of halogens is 5. The number of rotatable bonds is 6. The molecule has 4 aromatic rings. The van der Waals surface area contributed by atoms with Crippen LogP contribution in [0.25, 0.3) is 28.1 Å². The van der Waals surface area contributed by atoms with Crippen molar-refractivity contribution in [2.75, 3.05) is 37.6 Å². The van der Waals surface area contributed by atoms with Crippen molar-refractivity contribution in [3.05, 3.63) is 84.3 Å². The summed E-state index contributed by atoms with van der Waals surface area (Å²) < 4.78 is 90.0. The molecule has 2 saturated heterocycles. The number of nitrogens with one attached hydrogen (secondary N) is 1. The summed E-state index contributed by atoms with van der Waals surface area (Å²) in [6.45, 7) is 3.84. The zero-order chi connectivity index (χ0) is 33.9. The van der Waals surface area contributed by atoms with Crippen molar-refractivity contribution in [1.29, 1.82) is 0 Å². The molecule has 2 aliphatic rings. The molecule has 47 heavy (non-hydrogen) atoms. The van der Waals surface area contributed by atoms with Gasteiger partial charge in [-0.2, -0.15) is 31.0 Å². The van der Waals surface area contributed by atoms with Crippen LogP contribution in [0, 0.1) is 11.6 Å². The third-order valence-corrected chi connectivity index (χ3v) is 8.84. The predicted molar refractivity (Wildman–Crippen MR) is 163 cm³/mol. The van der Waals surface area contributed by atoms with Crippen LogP contribution in [0.5, 0.6) is 0 Å². The fourth-order valence-electron chi connectivity index (χ4n) is 5.57. The van der Waals surface area contributed by atoms with Gasteiger partial charge < -0.3 is 15.3 Å². The Kier molecular flexibility index (Phi) is 9.90. The first kappa shape index (κ1) is 33.9. The van der Waals surface area contributed by atoms with Gasteiger partial charge in [0.1, 0.15) is 17.3 Å². The number of hydrogen-bond acceptors (Lipinski definition) is 7. The summed E-state index contributed by atoms with van der Waals surface area (Å²) >= 11 is 0. The Morgan fingerprint density at radius 3 is 2.17 bits per heavy atom. The highest BCUT2D eigenvalue weighted by molar-refractivity contribution is 7.86. The molecule has 0 bridgehead atoms. The van der Waals surface area contributed by atoms with Gasteiger partial charge in [-0.3, -0.25) is 4.98 Å². The van der Waals surface area contributed by atoms with Crippen molar-refractivity contribution < 1.29 is 40.3 Å². The van der Waals surface area contributed by atoms with Gasteiger partial charge in [-0.05, 0) is 61.4 Å². The molecule has 0 radical (unpaired) electrons. The van der Waals surface area contributed by atoms with Gasteiger partial charge in [0, 0.05) is 79.3 Å². The Bertz CT molecular complexity index is 1830. The van der Waals surface area contributed by atoms with Crippen molar-refractivity contribution in [3.8, 4) is 28.1 Å². The molecule has 0 spiro atoms. The first-order valence-electron chi connectivity index (χ1n) is 14.4. The number of hydrogen-bond donors (Lipinski definition) is 3. The summed E-state index contributed by atoms with van der Waals surface area (Å²) in [6.07, 6.45) is 0.637. The van der Waals surface area contributed by atoms with Crippen LogP contribution in [0.15, 0.2) is 67.1 Å². The van der Waals surface area contributed by atoms with E-state index < -0.39 is 40.0 Å². The van der Waals surface area contributed by atoms with Crippen LogP contribution in [-0.4, -0.2) is 77.5 Å². The summed E-state index contributed by atoms with van der Waals surface area (Å²) in [6, 6.07) is 12.7. The van der Waals surface area contributed by atoms with Crippen molar-refractivity contribution in [3.63, 3.8) is 0 Å². The zero-order valence-electron chi connectivity index (χ0n) is 24.7. The first-order valence-corrected chi connectivity index (χ1v) is 15.9. The molecule has 1 atom stereocenters. The minimum atomic E-state index is -5.08. The Balaban J connectivity index is 0.000000559. The van der Waals surface area contributed by atoms with Crippen LogP contribution >= 0.6 is 0 Å². The normalized spacial score (nSPS) is 17.3.